The van der Waals surface area contributed by atoms with Crippen molar-refractivity contribution in [3.8, 4) is 0 Å². The van der Waals surface area contributed by atoms with Crippen LogP contribution in [0.25, 0.3) is 0 Å². The van der Waals surface area contributed by atoms with Crippen molar-refractivity contribution in [2.75, 3.05) is 30.4 Å². The summed E-state index contributed by atoms with van der Waals surface area (Å²) in [5, 5.41) is 7.40. The number of carbonyl (C=O) groups excluding carboxylic acids is 2. The minimum atomic E-state index is -0.477. The van der Waals surface area contributed by atoms with Gasteiger partial charge in [-0.1, -0.05) is 0 Å². The van der Waals surface area contributed by atoms with Crippen LogP contribution in [0.4, 0.5) is 10.6 Å². The molecule has 2 aliphatic rings. The van der Waals surface area contributed by atoms with Gasteiger partial charge in [0.15, 0.2) is 5.82 Å². The molecule has 2 amide bonds. The monoisotopic (exact) mass is 382 g/mol. The normalized spacial score (nSPS) is 22.2. The molecular weight excluding hydrogens is 356 g/mol. The third kappa shape index (κ3) is 4.31. The minimum absolute atomic E-state index is 0.0773. The molecule has 1 N–H and O–H groups in total. The second kappa shape index (κ2) is 7.47. The number of hydrogen-bond donors (Lipinski definition) is 1. The second-order valence-electron chi connectivity index (χ2n) is 8.15. The number of carbonyl (C=O) groups is 2. The molecule has 7 nitrogen and oxygen atoms in total. The van der Waals surface area contributed by atoms with Gasteiger partial charge in [0.05, 0.1) is 0 Å². The van der Waals surface area contributed by atoms with E-state index < -0.39 is 5.60 Å². The van der Waals surface area contributed by atoms with Crippen LogP contribution in [0.5, 0.6) is 0 Å². The third-order valence-corrected chi connectivity index (χ3v) is 5.31. The number of piperidine rings is 1. The van der Waals surface area contributed by atoms with Gasteiger partial charge in [-0.2, -0.15) is 5.10 Å². The molecule has 1 aromatic rings. The Morgan fingerprint density at radius 2 is 2.08 bits per heavy atom. The smallest absolute Gasteiger partial charge is 0.410 e. The maximum absolute atomic E-state index is 12.2. The first-order valence-corrected chi connectivity index (χ1v) is 9.70. The first kappa shape index (κ1) is 19.0. The molecule has 26 heavy (non-hydrogen) atoms. The quantitative estimate of drug-likeness (QED) is 0.814. The summed E-state index contributed by atoms with van der Waals surface area (Å²) in [6.45, 7) is 7.56. The van der Waals surface area contributed by atoms with E-state index in [9.17, 15) is 9.59 Å². The van der Waals surface area contributed by atoms with E-state index in [-0.39, 0.29) is 17.9 Å². The van der Waals surface area contributed by atoms with Crippen LogP contribution in [0.15, 0.2) is 6.07 Å². The average Bonchev–Trinajstić information content (AvgIpc) is 3.19. The lowest BCUT2D eigenvalue weighted by Gasteiger charge is -2.33. The number of ether oxygens (including phenoxy) is 1. The fourth-order valence-electron chi connectivity index (χ4n) is 3.48. The molecule has 0 radical (unpaired) electrons. The number of hydrogen-bond acceptors (Lipinski definition) is 4. The molecule has 8 heteroatoms. The Morgan fingerprint density at radius 3 is 2.65 bits per heavy atom. The molecule has 0 bridgehead atoms. The molecule has 3 heterocycles. The summed E-state index contributed by atoms with van der Waals surface area (Å²) < 4.78 is 5.43. The first-order chi connectivity index (χ1) is 12.3. The summed E-state index contributed by atoms with van der Waals surface area (Å²) in [6.07, 6.45) is 1.93. The van der Waals surface area contributed by atoms with Crippen molar-refractivity contribution in [3.05, 3.63) is 11.8 Å². The maximum Gasteiger partial charge on any atom is 0.410 e. The fraction of sp³-hybridized carbons (Fsp3) is 0.722. The standard InChI is InChI=1S/C18H27ClN4O3/c1-18(2,3)26-17(25)22-6-4-13(5-7-22)14-9-15(21-20-14)23-11-12(10-19)8-16(23)24/h9,12-13H,4-8,10-11H2,1-3H3,(H,20,21). The van der Waals surface area contributed by atoms with Gasteiger partial charge in [0.25, 0.3) is 0 Å². The molecular formula is C18H27ClN4O3. The first-order valence-electron chi connectivity index (χ1n) is 9.16. The molecule has 1 unspecified atom stereocenters. The van der Waals surface area contributed by atoms with Gasteiger partial charge >= 0.3 is 6.09 Å². The highest BCUT2D eigenvalue weighted by Crippen LogP contribution is 2.31. The van der Waals surface area contributed by atoms with Crippen molar-refractivity contribution in [1.29, 1.82) is 0 Å². The van der Waals surface area contributed by atoms with Crippen LogP contribution >= 0.6 is 11.6 Å². The number of halogens is 1. The van der Waals surface area contributed by atoms with E-state index in [1.54, 1.807) is 9.80 Å². The number of nitrogens with one attached hydrogen (secondary N) is 1. The third-order valence-electron chi connectivity index (χ3n) is 4.87. The molecule has 0 saturated carbocycles. The molecule has 1 atom stereocenters. The van der Waals surface area contributed by atoms with Crippen molar-refractivity contribution < 1.29 is 14.3 Å². The van der Waals surface area contributed by atoms with Crippen LogP contribution in [-0.2, 0) is 9.53 Å². The number of nitrogens with zero attached hydrogens (tertiary/aromatic N) is 3. The van der Waals surface area contributed by atoms with Crippen molar-refractivity contribution in [3.63, 3.8) is 0 Å². The molecule has 144 valence electrons. The Balaban J connectivity index is 1.57. The van der Waals surface area contributed by atoms with E-state index in [2.05, 4.69) is 10.2 Å². The number of aromatic nitrogens is 2. The summed E-state index contributed by atoms with van der Waals surface area (Å²) in [7, 11) is 0. The maximum atomic E-state index is 12.2. The Morgan fingerprint density at radius 1 is 1.38 bits per heavy atom. The fourth-order valence-corrected chi connectivity index (χ4v) is 3.69. The molecule has 0 spiro atoms. The number of alkyl halides is 1. The Labute approximate surface area is 159 Å². The van der Waals surface area contributed by atoms with Crippen LogP contribution in [0.2, 0.25) is 0 Å². The number of aromatic amines is 1. The highest BCUT2D eigenvalue weighted by Gasteiger charge is 2.33. The predicted octanol–water partition coefficient (Wildman–Crippen LogP) is 3.12. The van der Waals surface area contributed by atoms with Crippen molar-refractivity contribution >= 4 is 29.4 Å². The second-order valence-corrected chi connectivity index (χ2v) is 8.46. The highest BCUT2D eigenvalue weighted by molar-refractivity contribution is 6.18. The molecule has 2 aliphatic heterocycles. The van der Waals surface area contributed by atoms with E-state index in [4.69, 9.17) is 16.3 Å². The average molecular weight is 383 g/mol. The van der Waals surface area contributed by atoms with Gasteiger partial charge in [0, 0.05) is 49.6 Å². The topological polar surface area (TPSA) is 78.5 Å². The van der Waals surface area contributed by atoms with Gasteiger partial charge in [-0.25, -0.2) is 4.79 Å². The van der Waals surface area contributed by atoms with E-state index in [0.717, 1.165) is 18.5 Å². The molecule has 2 saturated heterocycles. The number of anilines is 1. The summed E-state index contributed by atoms with van der Waals surface area (Å²) in [5.74, 6) is 1.74. The lowest BCUT2D eigenvalue weighted by atomic mass is 9.94. The van der Waals surface area contributed by atoms with Gasteiger partial charge in [-0.15, -0.1) is 11.6 Å². The lowest BCUT2D eigenvalue weighted by molar-refractivity contribution is -0.117. The van der Waals surface area contributed by atoms with Gasteiger partial charge in [-0.3, -0.25) is 14.8 Å². The molecule has 0 aliphatic carbocycles. The minimum Gasteiger partial charge on any atom is -0.444 e. The zero-order chi connectivity index (χ0) is 18.9. The van der Waals surface area contributed by atoms with E-state index in [0.29, 0.717) is 43.7 Å². The molecule has 0 aromatic carbocycles. The van der Waals surface area contributed by atoms with Crippen LogP contribution < -0.4 is 4.90 Å². The van der Waals surface area contributed by atoms with E-state index in [1.165, 1.54) is 0 Å². The molecule has 3 rings (SSSR count). The van der Waals surface area contributed by atoms with Crippen LogP contribution in [0.1, 0.15) is 51.6 Å². The van der Waals surface area contributed by atoms with Crippen LogP contribution in [0.3, 0.4) is 0 Å². The Hall–Kier alpha value is -1.76. The van der Waals surface area contributed by atoms with Crippen LogP contribution in [0, 0.1) is 5.92 Å². The number of H-pyrrole nitrogens is 1. The number of likely N-dealkylation sites (tertiary alicyclic amines) is 1. The van der Waals surface area contributed by atoms with Gasteiger partial charge in [0.1, 0.15) is 5.60 Å². The summed E-state index contributed by atoms with van der Waals surface area (Å²) >= 11 is 5.88. The summed E-state index contributed by atoms with van der Waals surface area (Å²) in [5.41, 5.74) is 0.543. The van der Waals surface area contributed by atoms with Gasteiger partial charge in [-0.05, 0) is 39.5 Å². The SMILES string of the molecule is CC(C)(C)OC(=O)N1CCC(c2cc(N3CC(CCl)CC3=O)n[nH]2)CC1. The predicted molar refractivity (Wildman–Crippen MR) is 99.5 cm³/mol. The van der Waals surface area contributed by atoms with Crippen LogP contribution in [-0.4, -0.2) is 58.2 Å². The zero-order valence-electron chi connectivity index (χ0n) is 15.6. The van der Waals surface area contributed by atoms with Crippen molar-refractivity contribution in [2.45, 2.75) is 51.6 Å². The summed E-state index contributed by atoms with van der Waals surface area (Å²) in [6, 6.07) is 1.96. The van der Waals surface area contributed by atoms with Crippen molar-refractivity contribution in [2.24, 2.45) is 5.92 Å². The zero-order valence-corrected chi connectivity index (χ0v) is 16.4. The Kier molecular flexibility index (Phi) is 5.46. The largest absolute Gasteiger partial charge is 0.444 e. The summed E-state index contributed by atoms with van der Waals surface area (Å²) in [4.78, 5) is 27.7. The molecule has 2 fully saturated rings. The number of rotatable bonds is 3. The van der Waals surface area contributed by atoms with Gasteiger partial charge < -0.3 is 9.64 Å². The lowest BCUT2D eigenvalue weighted by Crippen LogP contribution is -2.41. The van der Waals surface area contributed by atoms with E-state index >= 15 is 0 Å². The number of amides is 2. The molecule has 1 aromatic heterocycles. The van der Waals surface area contributed by atoms with Gasteiger partial charge in [0.2, 0.25) is 5.91 Å². The highest BCUT2D eigenvalue weighted by atomic mass is 35.5. The van der Waals surface area contributed by atoms with E-state index in [1.807, 2.05) is 26.8 Å². The Bertz CT molecular complexity index is 662. The van der Waals surface area contributed by atoms with Crippen molar-refractivity contribution in [1.82, 2.24) is 15.1 Å².